The molecule has 0 saturated heterocycles. The van der Waals surface area contributed by atoms with Crippen LogP contribution in [-0.2, 0) is 11.2 Å². The first-order valence-electron chi connectivity index (χ1n) is 6.90. The Kier molecular flexibility index (Phi) is 5.46. The van der Waals surface area contributed by atoms with E-state index in [9.17, 15) is 4.79 Å². The van der Waals surface area contributed by atoms with Crippen molar-refractivity contribution in [3.63, 3.8) is 0 Å². The van der Waals surface area contributed by atoms with Gasteiger partial charge < -0.3 is 14.9 Å². The van der Waals surface area contributed by atoms with E-state index in [1.54, 1.807) is 11.3 Å². The van der Waals surface area contributed by atoms with E-state index in [2.05, 4.69) is 15.5 Å². The highest BCUT2D eigenvalue weighted by molar-refractivity contribution is 7.13. The number of nitrogens with one attached hydrogen (secondary N) is 1. The number of carboxylic acids is 1. The predicted octanol–water partition coefficient (Wildman–Crippen LogP) is 2.43. The van der Waals surface area contributed by atoms with E-state index in [0.717, 1.165) is 11.3 Å². The number of rotatable bonds is 8. The summed E-state index contributed by atoms with van der Waals surface area (Å²) in [5.74, 6) is 0.425. The van der Waals surface area contributed by atoms with Crippen LogP contribution in [0.25, 0.3) is 10.7 Å². The van der Waals surface area contributed by atoms with Crippen molar-refractivity contribution in [2.45, 2.75) is 32.7 Å². The molecule has 21 heavy (non-hydrogen) atoms. The summed E-state index contributed by atoms with van der Waals surface area (Å²) in [6.45, 7) is 4.38. The predicted molar refractivity (Wildman–Crippen MR) is 80.2 cm³/mol. The lowest BCUT2D eigenvalue weighted by Crippen LogP contribution is -2.41. The number of hydrogen-bond acceptors (Lipinski definition) is 6. The van der Waals surface area contributed by atoms with Crippen LogP contribution in [0.1, 0.15) is 26.2 Å². The van der Waals surface area contributed by atoms with Crippen LogP contribution in [-0.4, -0.2) is 33.8 Å². The highest BCUT2D eigenvalue weighted by Gasteiger charge is 2.20. The third-order valence-electron chi connectivity index (χ3n) is 3.07. The maximum absolute atomic E-state index is 11.0. The van der Waals surface area contributed by atoms with Crippen LogP contribution >= 0.6 is 11.3 Å². The Morgan fingerprint density at radius 2 is 2.33 bits per heavy atom. The quantitative estimate of drug-likeness (QED) is 0.728. The third-order valence-corrected chi connectivity index (χ3v) is 3.94. The van der Waals surface area contributed by atoms with Crippen LogP contribution in [0.15, 0.2) is 22.0 Å². The van der Waals surface area contributed by atoms with Gasteiger partial charge in [-0.2, -0.15) is 4.98 Å². The van der Waals surface area contributed by atoms with Gasteiger partial charge in [-0.15, -0.1) is 11.3 Å². The standard InChI is InChI=1S/C14H19N3O3S/c1-9(2)12(14(18)19)15-7-3-6-11-16-13(17-20-11)10-5-4-8-21-10/h4-5,8-9,12,15H,3,6-7H2,1-2H3,(H,18,19). The Morgan fingerprint density at radius 1 is 1.52 bits per heavy atom. The molecular formula is C14H19N3O3S. The zero-order valence-corrected chi connectivity index (χ0v) is 12.9. The molecule has 0 radical (unpaired) electrons. The second kappa shape index (κ2) is 7.33. The molecule has 7 heteroatoms. The van der Waals surface area contributed by atoms with Crippen molar-refractivity contribution in [2.75, 3.05) is 6.54 Å². The Balaban J connectivity index is 1.78. The summed E-state index contributed by atoms with van der Waals surface area (Å²) in [4.78, 5) is 16.3. The third kappa shape index (κ3) is 4.37. The van der Waals surface area contributed by atoms with E-state index in [1.807, 2.05) is 31.4 Å². The van der Waals surface area contributed by atoms with Gasteiger partial charge in [0.15, 0.2) is 0 Å². The molecule has 2 aromatic heterocycles. The highest BCUT2D eigenvalue weighted by atomic mass is 32.1. The van der Waals surface area contributed by atoms with E-state index >= 15 is 0 Å². The van der Waals surface area contributed by atoms with Crippen LogP contribution in [0.3, 0.4) is 0 Å². The molecule has 0 aliphatic carbocycles. The number of thiophene rings is 1. The number of hydrogen-bond donors (Lipinski definition) is 2. The molecule has 0 spiro atoms. The van der Waals surface area contributed by atoms with Crippen LogP contribution in [0.5, 0.6) is 0 Å². The highest BCUT2D eigenvalue weighted by Crippen LogP contribution is 2.21. The van der Waals surface area contributed by atoms with Crippen LogP contribution in [0.2, 0.25) is 0 Å². The zero-order chi connectivity index (χ0) is 15.2. The maximum atomic E-state index is 11.0. The minimum absolute atomic E-state index is 0.0522. The molecule has 114 valence electrons. The molecule has 0 aromatic carbocycles. The van der Waals surface area contributed by atoms with E-state index in [0.29, 0.717) is 24.7 Å². The van der Waals surface area contributed by atoms with Gasteiger partial charge in [0.1, 0.15) is 6.04 Å². The lowest BCUT2D eigenvalue weighted by Gasteiger charge is -2.17. The number of carboxylic acid groups (broad SMARTS) is 1. The van der Waals surface area contributed by atoms with Gasteiger partial charge >= 0.3 is 5.97 Å². The van der Waals surface area contributed by atoms with Gasteiger partial charge in [0, 0.05) is 6.42 Å². The average Bonchev–Trinajstić information content (AvgIpc) is 3.08. The molecule has 0 fully saturated rings. The first-order chi connectivity index (χ1) is 10.1. The van der Waals surface area contributed by atoms with Gasteiger partial charge in [0.05, 0.1) is 4.88 Å². The fourth-order valence-corrected chi connectivity index (χ4v) is 2.62. The van der Waals surface area contributed by atoms with E-state index in [-0.39, 0.29) is 5.92 Å². The first-order valence-corrected chi connectivity index (χ1v) is 7.78. The van der Waals surface area contributed by atoms with Crippen molar-refractivity contribution in [3.05, 3.63) is 23.4 Å². The minimum Gasteiger partial charge on any atom is -0.480 e. The fourth-order valence-electron chi connectivity index (χ4n) is 1.97. The second-order valence-corrected chi connectivity index (χ2v) is 6.05. The van der Waals surface area contributed by atoms with Gasteiger partial charge in [-0.1, -0.05) is 25.1 Å². The smallest absolute Gasteiger partial charge is 0.320 e. The normalized spacial score (nSPS) is 12.7. The van der Waals surface area contributed by atoms with E-state index in [4.69, 9.17) is 9.63 Å². The monoisotopic (exact) mass is 309 g/mol. The average molecular weight is 309 g/mol. The second-order valence-electron chi connectivity index (χ2n) is 5.11. The summed E-state index contributed by atoms with van der Waals surface area (Å²) < 4.78 is 5.19. The summed E-state index contributed by atoms with van der Waals surface area (Å²) in [6.07, 6.45) is 1.39. The molecule has 0 aliphatic heterocycles. The molecular weight excluding hydrogens is 290 g/mol. The first kappa shape index (κ1) is 15.7. The topological polar surface area (TPSA) is 88.3 Å². The Labute approximate surface area is 127 Å². The Morgan fingerprint density at radius 3 is 2.95 bits per heavy atom. The summed E-state index contributed by atoms with van der Waals surface area (Å²) in [6, 6.07) is 3.37. The van der Waals surface area contributed by atoms with Crippen molar-refractivity contribution in [1.29, 1.82) is 0 Å². The van der Waals surface area contributed by atoms with Crippen molar-refractivity contribution in [1.82, 2.24) is 15.5 Å². The molecule has 0 aliphatic rings. The molecule has 1 unspecified atom stereocenters. The van der Waals surface area contributed by atoms with Crippen molar-refractivity contribution in [3.8, 4) is 10.7 Å². The van der Waals surface area contributed by atoms with Crippen LogP contribution in [0.4, 0.5) is 0 Å². The molecule has 0 saturated carbocycles. The van der Waals surface area contributed by atoms with Gasteiger partial charge in [0.2, 0.25) is 11.7 Å². The number of aliphatic carboxylic acids is 1. The van der Waals surface area contributed by atoms with Crippen molar-refractivity contribution < 1.29 is 14.4 Å². The molecule has 0 amide bonds. The van der Waals surface area contributed by atoms with Gasteiger partial charge in [-0.05, 0) is 30.3 Å². The van der Waals surface area contributed by atoms with Crippen molar-refractivity contribution in [2.24, 2.45) is 5.92 Å². The molecule has 0 bridgehead atoms. The minimum atomic E-state index is -0.817. The van der Waals surface area contributed by atoms with E-state index in [1.165, 1.54) is 0 Å². The molecule has 2 aromatic rings. The Bertz CT molecular complexity index is 566. The molecule has 1 atom stereocenters. The summed E-state index contributed by atoms with van der Waals surface area (Å²) >= 11 is 1.57. The SMILES string of the molecule is CC(C)C(NCCCc1nc(-c2cccs2)no1)C(=O)O. The van der Waals surface area contributed by atoms with Crippen LogP contribution in [0, 0.1) is 5.92 Å². The summed E-state index contributed by atoms with van der Waals surface area (Å²) in [5, 5.41) is 18.0. The summed E-state index contributed by atoms with van der Waals surface area (Å²) in [5.41, 5.74) is 0. The van der Waals surface area contributed by atoms with Crippen LogP contribution < -0.4 is 5.32 Å². The summed E-state index contributed by atoms with van der Waals surface area (Å²) in [7, 11) is 0. The fraction of sp³-hybridized carbons (Fsp3) is 0.500. The molecule has 2 rings (SSSR count). The largest absolute Gasteiger partial charge is 0.480 e. The number of aryl methyl sites for hydroxylation is 1. The number of aromatic nitrogens is 2. The van der Waals surface area contributed by atoms with Gasteiger partial charge in [-0.25, -0.2) is 0 Å². The van der Waals surface area contributed by atoms with Crippen molar-refractivity contribution >= 4 is 17.3 Å². The molecule has 6 nitrogen and oxygen atoms in total. The van der Waals surface area contributed by atoms with Gasteiger partial charge in [0.25, 0.3) is 0 Å². The maximum Gasteiger partial charge on any atom is 0.320 e. The number of nitrogens with zero attached hydrogens (tertiary/aromatic N) is 2. The zero-order valence-electron chi connectivity index (χ0n) is 12.1. The molecule has 2 N–H and O–H groups in total. The van der Waals surface area contributed by atoms with Gasteiger partial charge in [-0.3, -0.25) is 4.79 Å². The lowest BCUT2D eigenvalue weighted by atomic mass is 10.0. The molecule has 2 heterocycles. The number of carbonyl (C=O) groups is 1. The lowest BCUT2D eigenvalue weighted by molar-refractivity contribution is -0.140. The van der Waals surface area contributed by atoms with E-state index < -0.39 is 12.0 Å². The Hall–Kier alpha value is -1.73.